The fourth-order valence-electron chi connectivity index (χ4n) is 1.85. The average Bonchev–Trinajstić information content (AvgIpc) is 2.38. The summed E-state index contributed by atoms with van der Waals surface area (Å²) >= 11 is 0. The predicted octanol–water partition coefficient (Wildman–Crippen LogP) is 1.50. The number of rotatable bonds is 7. The lowest BCUT2D eigenvalue weighted by atomic mass is 10.1. The molecule has 3 unspecified atom stereocenters. The van der Waals surface area contributed by atoms with Crippen molar-refractivity contribution in [3.8, 4) is 0 Å². The van der Waals surface area contributed by atoms with Crippen molar-refractivity contribution in [2.45, 2.75) is 13.0 Å². The minimum atomic E-state index is -0.960. The molecular formula is C14H23ClN2O2S. The largest absolute Gasteiger partial charge is 0.348 e. The molecule has 0 aromatic heterocycles. The van der Waals surface area contributed by atoms with Crippen LogP contribution in [0, 0.1) is 5.92 Å². The van der Waals surface area contributed by atoms with Crippen molar-refractivity contribution in [3.63, 3.8) is 0 Å². The molecule has 0 aliphatic heterocycles. The molecule has 0 radical (unpaired) electrons. The highest BCUT2D eigenvalue weighted by Gasteiger charge is 2.19. The van der Waals surface area contributed by atoms with E-state index in [9.17, 15) is 9.00 Å². The van der Waals surface area contributed by atoms with Crippen LogP contribution >= 0.6 is 12.4 Å². The molecule has 0 aliphatic rings. The predicted molar refractivity (Wildman–Crippen MR) is 86.6 cm³/mol. The van der Waals surface area contributed by atoms with Crippen LogP contribution in [-0.4, -0.2) is 35.7 Å². The van der Waals surface area contributed by atoms with Gasteiger partial charge in [0.2, 0.25) is 5.91 Å². The Kier molecular flexibility index (Phi) is 9.46. The van der Waals surface area contributed by atoms with Crippen molar-refractivity contribution in [2.75, 3.05) is 25.6 Å². The van der Waals surface area contributed by atoms with Crippen molar-refractivity contribution >= 4 is 29.1 Å². The van der Waals surface area contributed by atoms with Crippen LogP contribution in [-0.2, 0) is 15.6 Å². The third kappa shape index (κ3) is 6.50. The van der Waals surface area contributed by atoms with E-state index in [0.717, 1.165) is 5.56 Å². The Labute approximate surface area is 129 Å². The summed E-state index contributed by atoms with van der Waals surface area (Å²) in [4.78, 5) is 12.0. The van der Waals surface area contributed by atoms with Gasteiger partial charge in [-0.2, -0.15) is 0 Å². The quantitative estimate of drug-likeness (QED) is 0.801. The fourth-order valence-corrected chi connectivity index (χ4v) is 2.60. The number of hydrogen-bond donors (Lipinski definition) is 2. The Hall–Kier alpha value is -0.910. The molecule has 0 aliphatic carbocycles. The van der Waals surface area contributed by atoms with E-state index in [4.69, 9.17) is 0 Å². The van der Waals surface area contributed by atoms with Crippen LogP contribution < -0.4 is 10.6 Å². The van der Waals surface area contributed by atoms with Gasteiger partial charge in [0, 0.05) is 35.3 Å². The first kappa shape index (κ1) is 19.1. The topological polar surface area (TPSA) is 58.2 Å². The summed E-state index contributed by atoms with van der Waals surface area (Å²) in [5.41, 5.74) is 0.989. The smallest absolute Gasteiger partial charge is 0.224 e. The molecule has 1 aromatic rings. The van der Waals surface area contributed by atoms with Crippen LogP contribution in [0.3, 0.4) is 0 Å². The van der Waals surface area contributed by atoms with Crippen LogP contribution in [0.25, 0.3) is 0 Å². The van der Waals surface area contributed by atoms with Gasteiger partial charge in [-0.3, -0.25) is 9.00 Å². The molecule has 0 heterocycles. The number of benzene rings is 1. The molecule has 3 atom stereocenters. The van der Waals surface area contributed by atoms with Crippen LogP contribution in [0.5, 0.6) is 0 Å². The molecule has 114 valence electrons. The summed E-state index contributed by atoms with van der Waals surface area (Å²) in [6.07, 6.45) is 1.65. The molecule has 4 nitrogen and oxygen atoms in total. The molecule has 1 rings (SSSR count). The third-order valence-corrected chi connectivity index (χ3v) is 3.68. The first-order chi connectivity index (χ1) is 9.04. The van der Waals surface area contributed by atoms with Gasteiger partial charge in [-0.05, 0) is 12.6 Å². The summed E-state index contributed by atoms with van der Waals surface area (Å²) < 4.78 is 11.5. The van der Waals surface area contributed by atoms with E-state index in [1.807, 2.05) is 44.3 Å². The Bertz CT molecular complexity index is 428. The maximum atomic E-state index is 12.0. The molecule has 0 bridgehead atoms. The van der Waals surface area contributed by atoms with Gasteiger partial charge < -0.3 is 10.6 Å². The summed E-state index contributed by atoms with van der Waals surface area (Å²) in [6.45, 7) is 2.50. The standard InChI is InChI=1S/C14H22N2O2S.ClH/c1-11(9-15-2)14(17)16-13(10-19(3)18)12-7-5-4-6-8-12;/h4-8,11,13,15H,9-10H2,1-3H3,(H,16,17);1H. The highest BCUT2D eigenvalue weighted by atomic mass is 35.5. The molecule has 0 saturated heterocycles. The van der Waals surface area contributed by atoms with Gasteiger partial charge in [-0.25, -0.2) is 0 Å². The number of halogens is 1. The van der Waals surface area contributed by atoms with E-state index >= 15 is 0 Å². The highest BCUT2D eigenvalue weighted by Crippen LogP contribution is 2.14. The number of hydrogen-bond acceptors (Lipinski definition) is 3. The van der Waals surface area contributed by atoms with Crippen molar-refractivity contribution in [2.24, 2.45) is 5.92 Å². The molecule has 0 fully saturated rings. The minimum Gasteiger partial charge on any atom is -0.348 e. The van der Waals surface area contributed by atoms with Crippen LogP contribution in [0.4, 0.5) is 0 Å². The van der Waals surface area contributed by atoms with Crippen LogP contribution in [0.15, 0.2) is 30.3 Å². The van der Waals surface area contributed by atoms with Gasteiger partial charge in [0.05, 0.1) is 6.04 Å². The number of carbonyl (C=O) groups is 1. The fraction of sp³-hybridized carbons (Fsp3) is 0.500. The SMILES string of the molecule is CNCC(C)C(=O)NC(CS(C)=O)c1ccccc1.Cl. The maximum Gasteiger partial charge on any atom is 0.224 e. The zero-order chi connectivity index (χ0) is 14.3. The Morgan fingerprint density at radius 2 is 1.90 bits per heavy atom. The molecular weight excluding hydrogens is 296 g/mol. The summed E-state index contributed by atoms with van der Waals surface area (Å²) in [5.74, 6) is 0.303. The number of amides is 1. The van der Waals surface area contributed by atoms with Gasteiger partial charge in [-0.15, -0.1) is 12.4 Å². The van der Waals surface area contributed by atoms with Gasteiger partial charge in [0.25, 0.3) is 0 Å². The second-order valence-corrected chi connectivity index (χ2v) is 6.15. The normalized spacial score (nSPS) is 14.8. The second-order valence-electron chi connectivity index (χ2n) is 4.67. The zero-order valence-corrected chi connectivity index (χ0v) is 13.7. The third-order valence-electron chi connectivity index (χ3n) is 2.88. The lowest BCUT2D eigenvalue weighted by Crippen LogP contribution is -2.38. The summed E-state index contributed by atoms with van der Waals surface area (Å²) in [6, 6.07) is 9.46. The molecule has 1 aromatic carbocycles. The molecule has 0 spiro atoms. The first-order valence-electron chi connectivity index (χ1n) is 6.34. The molecule has 6 heteroatoms. The Balaban J connectivity index is 0.00000361. The monoisotopic (exact) mass is 318 g/mol. The van der Waals surface area contributed by atoms with Crippen molar-refractivity contribution in [3.05, 3.63) is 35.9 Å². The zero-order valence-electron chi connectivity index (χ0n) is 12.1. The second kappa shape index (κ2) is 9.91. The summed E-state index contributed by atoms with van der Waals surface area (Å²) in [7, 11) is 0.859. The Morgan fingerprint density at radius 1 is 1.30 bits per heavy atom. The van der Waals surface area contributed by atoms with Gasteiger partial charge in [0.15, 0.2) is 0 Å². The van der Waals surface area contributed by atoms with E-state index in [-0.39, 0.29) is 30.3 Å². The van der Waals surface area contributed by atoms with E-state index in [0.29, 0.717) is 12.3 Å². The van der Waals surface area contributed by atoms with Crippen molar-refractivity contribution in [1.82, 2.24) is 10.6 Å². The van der Waals surface area contributed by atoms with Gasteiger partial charge >= 0.3 is 0 Å². The van der Waals surface area contributed by atoms with E-state index < -0.39 is 10.8 Å². The van der Waals surface area contributed by atoms with Gasteiger partial charge in [0.1, 0.15) is 0 Å². The van der Waals surface area contributed by atoms with E-state index in [2.05, 4.69) is 10.6 Å². The number of nitrogens with one attached hydrogen (secondary N) is 2. The average molecular weight is 319 g/mol. The minimum absolute atomic E-state index is 0. The van der Waals surface area contributed by atoms with Crippen LogP contribution in [0.2, 0.25) is 0 Å². The highest BCUT2D eigenvalue weighted by molar-refractivity contribution is 7.84. The van der Waals surface area contributed by atoms with Crippen LogP contribution in [0.1, 0.15) is 18.5 Å². The molecule has 1 amide bonds. The van der Waals surface area contributed by atoms with Crippen molar-refractivity contribution in [1.29, 1.82) is 0 Å². The Morgan fingerprint density at radius 3 is 2.40 bits per heavy atom. The first-order valence-corrected chi connectivity index (χ1v) is 8.07. The number of carbonyl (C=O) groups excluding carboxylic acids is 1. The lowest BCUT2D eigenvalue weighted by molar-refractivity contribution is -0.125. The van der Waals surface area contributed by atoms with E-state index in [1.54, 1.807) is 6.26 Å². The molecule has 2 N–H and O–H groups in total. The summed E-state index contributed by atoms with van der Waals surface area (Å²) in [5, 5.41) is 5.96. The lowest BCUT2D eigenvalue weighted by Gasteiger charge is -2.20. The van der Waals surface area contributed by atoms with Crippen molar-refractivity contribution < 1.29 is 9.00 Å². The van der Waals surface area contributed by atoms with Gasteiger partial charge in [-0.1, -0.05) is 37.3 Å². The molecule has 20 heavy (non-hydrogen) atoms. The van der Waals surface area contributed by atoms with E-state index in [1.165, 1.54) is 0 Å². The maximum absolute atomic E-state index is 12.0. The molecule has 0 saturated carbocycles.